The summed E-state index contributed by atoms with van der Waals surface area (Å²) in [4.78, 5) is 10.1. The largest absolute Gasteiger partial charge is 0.234 e. The molecule has 2 aromatic heterocycles. The average Bonchev–Trinajstić information content (AvgIpc) is 3.65. The monoisotopic (exact) mass is 532 g/mol. The standard InChI is InChI=1S/C36H25FN4/c37-31-24-14-13-23-30(31)36-39-33(27-17-7-2-8-18-27)35(29-21-11-4-12-22-29)41(36)40-25-38-32(26-15-5-1-6-16-26)34(40)28-19-9-3-10-20-28/h1-25H. The maximum absolute atomic E-state index is 15.5. The lowest BCUT2D eigenvalue weighted by molar-refractivity contribution is 0.622. The molecule has 7 rings (SSSR count). The number of hydrogen-bond donors (Lipinski definition) is 0. The third kappa shape index (κ3) is 4.43. The predicted molar refractivity (Wildman–Crippen MR) is 162 cm³/mol. The summed E-state index contributed by atoms with van der Waals surface area (Å²) in [6.45, 7) is 0. The van der Waals surface area contributed by atoms with Crippen molar-refractivity contribution < 1.29 is 4.39 Å². The van der Waals surface area contributed by atoms with Crippen molar-refractivity contribution in [1.29, 1.82) is 0 Å². The molecule has 0 spiro atoms. The molecule has 0 bridgehead atoms. The smallest absolute Gasteiger partial charge is 0.163 e. The lowest BCUT2D eigenvalue weighted by atomic mass is 10.0. The molecule has 0 aliphatic rings. The van der Waals surface area contributed by atoms with E-state index in [9.17, 15) is 0 Å². The van der Waals surface area contributed by atoms with Gasteiger partial charge in [0, 0.05) is 22.3 Å². The summed E-state index contributed by atoms with van der Waals surface area (Å²) in [6.07, 6.45) is 1.80. The SMILES string of the molecule is Fc1ccccc1-c1nc(-c2ccccc2)c(-c2ccccc2)n1-n1cnc(-c2ccccc2)c1-c1ccccc1. The third-order valence-corrected chi connectivity index (χ3v) is 7.12. The molecule has 5 aromatic carbocycles. The Hall–Kier alpha value is -5.55. The Bertz CT molecular complexity index is 1930. The summed E-state index contributed by atoms with van der Waals surface area (Å²) in [6, 6.07) is 47.2. The van der Waals surface area contributed by atoms with Gasteiger partial charge in [0.25, 0.3) is 0 Å². The molecule has 41 heavy (non-hydrogen) atoms. The molecular formula is C36H25FN4. The van der Waals surface area contributed by atoms with Crippen LogP contribution >= 0.6 is 0 Å². The predicted octanol–water partition coefficient (Wildman–Crippen LogP) is 8.87. The second kappa shape index (κ2) is 10.5. The fourth-order valence-electron chi connectivity index (χ4n) is 5.26. The highest BCUT2D eigenvalue weighted by atomic mass is 19.1. The summed E-state index contributed by atoms with van der Waals surface area (Å²) in [7, 11) is 0. The second-order valence-corrected chi connectivity index (χ2v) is 9.67. The summed E-state index contributed by atoms with van der Waals surface area (Å²) < 4.78 is 19.5. The first kappa shape index (κ1) is 24.5. The topological polar surface area (TPSA) is 35.6 Å². The highest BCUT2D eigenvalue weighted by molar-refractivity contribution is 5.84. The molecule has 0 radical (unpaired) electrons. The van der Waals surface area contributed by atoms with Gasteiger partial charge in [-0.05, 0) is 12.1 Å². The molecule has 196 valence electrons. The van der Waals surface area contributed by atoms with Crippen molar-refractivity contribution >= 4 is 0 Å². The highest BCUT2D eigenvalue weighted by Gasteiger charge is 2.27. The summed E-state index contributed by atoms with van der Waals surface area (Å²) >= 11 is 0. The average molecular weight is 533 g/mol. The molecule has 0 unspecified atom stereocenters. The minimum Gasteiger partial charge on any atom is -0.234 e. The third-order valence-electron chi connectivity index (χ3n) is 7.12. The Balaban J connectivity index is 1.63. The Morgan fingerprint density at radius 1 is 0.463 bits per heavy atom. The second-order valence-electron chi connectivity index (χ2n) is 9.67. The zero-order valence-corrected chi connectivity index (χ0v) is 22.1. The Morgan fingerprint density at radius 3 is 1.49 bits per heavy atom. The molecule has 5 heteroatoms. The van der Waals surface area contributed by atoms with Crippen LogP contribution in [-0.4, -0.2) is 19.3 Å². The summed E-state index contributed by atoms with van der Waals surface area (Å²) in [5.74, 6) is 0.137. The van der Waals surface area contributed by atoms with Gasteiger partial charge >= 0.3 is 0 Å². The number of rotatable bonds is 6. The van der Waals surface area contributed by atoms with Gasteiger partial charge in [0.1, 0.15) is 12.1 Å². The minimum atomic E-state index is -0.345. The molecule has 0 fully saturated rings. The number of aromatic nitrogens is 4. The van der Waals surface area contributed by atoms with E-state index >= 15 is 4.39 Å². The van der Waals surface area contributed by atoms with E-state index in [1.165, 1.54) is 6.07 Å². The quantitative estimate of drug-likeness (QED) is 0.214. The van der Waals surface area contributed by atoms with E-state index in [0.29, 0.717) is 11.4 Å². The molecule has 2 heterocycles. The fraction of sp³-hybridized carbons (Fsp3) is 0. The molecule has 0 atom stereocenters. The lowest BCUT2D eigenvalue weighted by Gasteiger charge is -2.18. The highest BCUT2D eigenvalue weighted by Crippen LogP contribution is 2.40. The van der Waals surface area contributed by atoms with Gasteiger partial charge in [-0.2, -0.15) is 0 Å². The maximum atomic E-state index is 15.5. The van der Waals surface area contributed by atoms with Gasteiger partial charge in [0.15, 0.2) is 5.82 Å². The van der Waals surface area contributed by atoms with E-state index in [4.69, 9.17) is 9.97 Å². The van der Waals surface area contributed by atoms with E-state index in [-0.39, 0.29) is 5.82 Å². The minimum absolute atomic E-state index is 0.345. The van der Waals surface area contributed by atoms with E-state index in [0.717, 1.165) is 45.0 Å². The van der Waals surface area contributed by atoms with Crippen molar-refractivity contribution in [2.45, 2.75) is 0 Å². The van der Waals surface area contributed by atoms with Crippen LogP contribution in [0, 0.1) is 5.82 Å². The first-order valence-corrected chi connectivity index (χ1v) is 13.5. The van der Waals surface area contributed by atoms with E-state index < -0.39 is 0 Å². The molecule has 0 amide bonds. The zero-order valence-electron chi connectivity index (χ0n) is 22.1. The Morgan fingerprint density at radius 2 is 0.927 bits per heavy atom. The molecule has 0 saturated carbocycles. The molecule has 4 nitrogen and oxygen atoms in total. The van der Waals surface area contributed by atoms with Crippen molar-refractivity contribution in [3.05, 3.63) is 158 Å². The van der Waals surface area contributed by atoms with Crippen LogP contribution in [0.2, 0.25) is 0 Å². The molecule has 0 aliphatic carbocycles. The van der Waals surface area contributed by atoms with Crippen molar-refractivity contribution in [3.63, 3.8) is 0 Å². The van der Waals surface area contributed by atoms with Crippen LogP contribution in [0.3, 0.4) is 0 Å². The van der Waals surface area contributed by atoms with Gasteiger partial charge in [-0.1, -0.05) is 133 Å². The number of benzene rings is 5. The summed E-state index contributed by atoms with van der Waals surface area (Å²) in [5, 5.41) is 0. The van der Waals surface area contributed by atoms with Gasteiger partial charge in [-0.25, -0.2) is 23.7 Å². The van der Waals surface area contributed by atoms with Gasteiger partial charge in [-0.15, -0.1) is 0 Å². The first-order chi connectivity index (χ1) is 20.3. The van der Waals surface area contributed by atoms with Crippen molar-refractivity contribution in [2.24, 2.45) is 0 Å². The number of halogens is 1. The van der Waals surface area contributed by atoms with Crippen LogP contribution in [0.1, 0.15) is 0 Å². The summed E-state index contributed by atoms with van der Waals surface area (Å²) in [5.41, 5.74) is 7.56. The van der Waals surface area contributed by atoms with Crippen LogP contribution in [-0.2, 0) is 0 Å². The van der Waals surface area contributed by atoms with Gasteiger partial charge < -0.3 is 0 Å². The fourth-order valence-corrected chi connectivity index (χ4v) is 5.26. The normalized spacial score (nSPS) is 11.0. The van der Waals surface area contributed by atoms with Crippen molar-refractivity contribution in [1.82, 2.24) is 19.3 Å². The molecule has 0 saturated heterocycles. The molecule has 0 N–H and O–H groups in total. The zero-order chi connectivity index (χ0) is 27.6. The van der Waals surface area contributed by atoms with E-state index in [1.54, 1.807) is 18.5 Å². The van der Waals surface area contributed by atoms with Gasteiger partial charge in [0.2, 0.25) is 0 Å². The van der Waals surface area contributed by atoms with Gasteiger partial charge in [-0.3, -0.25) is 0 Å². The molecule has 0 aliphatic heterocycles. The van der Waals surface area contributed by atoms with E-state index in [2.05, 4.69) is 36.4 Å². The number of nitrogens with zero attached hydrogens (tertiary/aromatic N) is 4. The van der Waals surface area contributed by atoms with E-state index in [1.807, 2.05) is 100 Å². The van der Waals surface area contributed by atoms with Crippen LogP contribution < -0.4 is 0 Å². The number of hydrogen-bond acceptors (Lipinski definition) is 2. The van der Waals surface area contributed by atoms with Crippen LogP contribution in [0.15, 0.2) is 152 Å². The lowest BCUT2D eigenvalue weighted by Crippen LogP contribution is -2.13. The van der Waals surface area contributed by atoms with Crippen LogP contribution in [0.5, 0.6) is 0 Å². The maximum Gasteiger partial charge on any atom is 0.163 e. The van der Waals surface area contributed by atoms with Crippen molar-refractivity contribution in [2.75, 3.05) is 0 Å². The molecule has 7 aromatic rings. The first-order valence-electron chi connectivity index (χ1n) is 13.5. The van der Waals surface area contributed by atoms with Crippen molar-refractivity contribution in [3.8, 4) is 56.4 Å². The Labute approximate surface area is 237 Å². The molecular weight excluding hydrogens is 507 g/mol. The Kier molecular flexibility index (Phi) is 6.30. The van der Waals surface area contributed by atoms with Crippen LogP contribution in [0.25, 0.3) is 56.4 Å². The van der Waals surface area contributed by atoms with Gasteiger partial charge in [0.05, 0.1) is 28.3 Å². The number of imidazole rings is 2. The van der Waals surface area contributed by atoms with Crippen LogP contribution in [0.4, 0.5) is 4.39 Å².